The van der Waals surface area contributed by atoms with Gasteiger partial charge in [-0.2, -0.15) is 0 Å². The van der Waals surface area contributed by atoms with E-state index in [1.807, 2.05) is 6.20 Å². The lowest BCUT2D eigenvalue weighted by Crippen LogP contribution is -2.30. The summed E-state index contributed by atoms with van der Waals surface area (Å²) in [5.74, 6) is 4.90. The Kier molecular flexibility index (Phi) is 2.92. The zero-order chi connectivity index (χ0) is 11.5. The number of nitrogens with two attached hydrogens (primary N) is 1. The Morgan fingerprint density at radius 2 is 2.25 bits per heavy atom. The molecule has 0 saturated carbocycles. The van der Waals surface area contributed by atoms with Gasteiger partial charge in [-0.3, -0.25) is 10.2 Å². The van der Waals surface area contributed by atoms with Crippen LogP contribution in [0.25, 0.3) is 10.9 Å². The molecule has 3 N–H and O–H groups in total. The maximum Gasteiger partial charge on any atom is 0.235 e. The van der Waals surface area contributed by atoms with Crippen molar-refractivity contribution in [2.45, 2.75) is 19.9 Å². The van der Waals surface area contributed by atoms with Gasteiger partial charge in [-0.25, -0.2) is 5.84 Å². The molecule has 16 heavy (non-hydrogen) atoms. The van der Waals surface area contributed by atoms with Crippen molar-refractivity contribution in [2.24, 2.45) is 5.84 Å². The van der Waals surface area contributed by atoms with Crippen LogP contribution in [0.15, 0.2) is 30.5 Å². The van der Waals surface area contributed by atoms with Gasteiger partial charge in [0.15, 0.2) is 0 Å². The second-order valence-electron chi connectivity index (χ2n) is 3.89. The topological polar surface area (TPSA) is 60.0 Å². The number of carbonyl (C=O) groups is 1. The first-order valence-corrected chi connectivity index (χ1v) is 5.25. The molecule has 1 aromatic carbocycles. The quantitative estimate of drug-likeness (QED) is 0.463. The second-order valence-corrected chi connectivity index (χ2v) is 3.89. The minimum absolute atomic E-state index is 0.144. The summed E-state index contributed by atoms with van der Waals surface area (Å²) in [7, 11) is 0. The van der Waals surface area contributed by atoms with Crippen molar-refractivity contribution in [1.29, 1.82) is 0 Å². The van der Waals surface area contributed by atoms with E-state index in [0.717, 1.165) is 5.52 Å². The van der Waals surface area contributed by atoms with Crippen molar-refractivity contribution in [1.82, 2.24) is 9.99 Å². The minimum atomic E-state index is -0.144. The first-order chi connectivity index (χ1) is 7.70. The molecule has 4 nitrogen and oxygen atoms in total. The summed E-state index contributed by atoms with van der Waals surface area (Å²) in [6.07, 6.45) is 2.39. The number of fused-ring (bicyclic) bond motifs is 1. The summed E-state index contributed by atoms with van der Waals surface area (Å²) < 4.78 is 2.07. The highest BCUT2D eigenvalue weighted by molar-refractivity contribution is 5.81. The van der Waals surface area contributed by atoms with Gasteiger partial charge >= 0.3 is 0 Å². The van der Waals surface area contributed by atoms with Crippen molar-refractivity contribution in [2.75, 3.05) is 0 Å². The number of carbonyl (C=O) groups excluding carboxylic acids is 1. The lowest BCUT2D eigenvalue weighted by Gasteiger charge is -2.05. The van der Waals surface area contributed by atoms with Crippen molar-refractivity contribution in [3.8, 4) is 0 Å². The molecule has 1 heterocycles. The van der Waals surface area contributed by atoms with E-state index >= 15 is 0 Å². The maximum atomic E-state index is 11.1. The predicted octanol–water partition coefficient (Wildman–Crippen LogP) is 1.33. The highest BCUT2D eigenvalue weighted by Gasteiger charge is 2.03. The van der Waals surface area contributed by atoms with Crippen molar-refractivity contribution >= 4 is 16.8 Å². The van der Waals surface area contributed by atoms with Gasteiger partial charge < -0.3 is 4.57 Å². The van der Waals surface area contributed by atoms with Gasteiger partial charge in [0, 0.05) is 24.7 Å². The van der Waals surface area contributed by atoms with Crippen molar-refractivity contribution < 1.29 is 4.79 Å². The van der Waals surface area contributed by atoms with E-state index in [-0.39, 0.29) is 5.91 Å². The second kappa shape index (κ2) is 4.37. The Morgan fingerprint density at radius 1 is 1.44 bits per heavy atom. The lowest BCUT2D eigenvalue weighted by molar-refractivity contribution is -0.121. The van der Waals surface area contributed by atoms with Crippen LogP contribution in [-0.2, 0) is 11.3 Å². The zero-order valence-electron chi connectivity index (χ0n) is 9.23. The van der Waals surface area contributed by atoms with Crippen LogP contribution < -0.4 is 11.3 Å². The molecule has 0 spiro atoms. The molecule has 2 aromatic rings. The Bertz CT molecular complexity index is 516. The van der Waals surface area contributed by atoms with Gasteiger partial charge in [-0.1, -0.05) is 12.1 Å². The smallest absolute Gasteiger partial charge is 0.235 e. The number of benzene rings is 1. The summed E-state index contributed by atoms with van der Waals surface area (Å²) in [5, 5.41) is 1.19. The Labute approximate surface area is 94.0 Å². The summed E-state index contributed by atoms with van der Waals surface area (Å²) in [4.78, 5) is 11.1. The third kappa shape index (κ3) is 2.06. The zero-order valence-corrected chi connectivity index (χ0v) is 9.23. The molecule has 0 unspecified atom stereocenters. The summed E-state index contributed by atoms with van der Waals surface area (Å²) in [5.41, 5.74) is 4.51. The highest BCUT2D eigenvalue weighted by Crippen LogP contribution is 2.17. The molecule has 1 aromatic heterocycles. The van der Waals surface area contributed by atoms with Crippen LogP contribution in [0.3, 0.4) is 0 Å². The molecule has 0 atom stereocenters. The maximum absolute atomic E-state index is 11.1. The number of hydrazine groups is 1. The molecule has 1 amide bonds. The van der Waals surface area contributed by atoms with Crippen LogP contribution in [0.5, 0.6) is 0 Å². The average molecular weight is 217 g/mol. The van der Waals surface area contributed by atoms with Gasteiger partial charge in [0.2, 0.25) is 5.91 Å². The number of nitrogens with zero attached hydrogens (tertiary/aromatic N) is 1. The molecule has 4 heteroatoms. The van der Waals surface area contributed by atoms with Gasteiger partial charge in [0.1, 0.15) is 0 Å². The van der Waals surface area contributed by atoms with E-state index in [9.17, 15) is 4.79 Å². The molecular formula is C12H15N3O. The van der Waals surface area contributed by atoms with Crippen molar-refractivity contribution in [3.63, 3.8) is 0 Å². The fourth-order valence-corrected chi connectivity index (χ4v) is 1.78. The minimum Gasteiger partial charge on any atom is -0.347 e. The number of hydrogen-bond acceptors (Lipinski definition) is 2. The first-order valence-electron chi connectivity index (χ1n) is 5.25. The lowest BCUT2D eigenvalue weighted by atomic mass is 10.2. The van der Waals surface area contributed by atoms with Crippen LogP contribution in [0, 0.1) is 6.92 Å². The number of hydrogen-bond donors (Lipinski definition) is 2. The van der Waals surface area contributed by atoms with E-state index in [2.05, 4.69) is 41.2 Å². The van der Waals surface area contributed by atoms with E-state index in [4.69, 9.17) is 5.84 Å². The van der Waals surface area contributed by atoms with Gasteiger partial charge in [0.05, 0.1) is 0 Å². The van der Waals surface area contributed by atoms with Crippen LogP contribution in [-0.4, -0.2) is 10.5 Å². The molecule has 0 aliphatic rings. The number of rotatable bonds is 3. The number of aryl methyl sites for hydroxylation is 2. The number of amides is 1. The molecule has 0 bridgehead atoms. The van der Waals surface area contributed by atoms with Gasteiger partial charge in [0.25, 0.3) is 0 Å². The van der Waals surface area contributed by atoms with Crippen LogP contribution in [0.4, 0.5) is 0 Å². The molecule has 0 aliphatic carbocycles. The predicted molar refractivity (Wildman–Crippen MR) is 63.6 cm³/mol. The monoisotopic (exact) mass is 217 g/mol. The van der Waals surface area contributed by atoms with E-state index < -0.39 is 0 Å². The SMILES string of the molecule is Cc1ccc2ccn(CCC(=O)NN)c2c1. The summed E-state index contributed by atoms with van der Waals surface area (Å²) >= 11 is 0. The number of aromatic nitrogens is 1. The third-order valence-electron chi connectivity index (χ3n) is 2.67. The Morgan fingerprint density at radius 3 is 3.00 bits per heavy atom. The number of nitrogens with one attached hydrogen (secondary N) is 1. The summed E-state index contributed by atoms with van der Waals surface area (Å²) in [6, 6.07) is 8.34. The summed E-state index contributed by atoms with van der Waals surface area (Å²) in [6.45, 7) is 2.71. The van der Waals surface area contributed by atoms with E-state index in [1.54, 1.807) is 0 Å². The first kappa shape index (κ1) is 10.7. The van der Waals surface area contributed by atoms with Gasteiger partial charge in [-0.05, 0) is 30.0 Å². The van der Waals surface area contributed by atoms with E-state index in [0.29, 0.717) is 13.0 Å². The van der Waals surface area contributed by atoms with Gasteiger partial charge in [-0.15, -0.1) is 0 Å². The highest BCUT2D eigenvalue weighted by atomic mass is 16.2. The standard InChI is InChI=1S/C12H15N3O/c1-9-2-3-10-4-6-15(11(10)8-9)7-5-12(16)14-13/h2-4,6,8H,5,7,13H2,1H3,(H,14,16). The third-order valence-corrected chi connectivity index (χ3v) is 2.67. The molecule has 0 saturated heterocycles. The average Bonchev–Trinajstić information content (AvgIpc) is 2.68. The molecule has 0 radical (unpaired) electrons. The van der Waals surface area contributed by atoms with Crippen molar-refractivity contribution in [3.05, 3.63) is 36.0 Å². The van der Waals surface area contributed by atoms with Crippen LogP contribution in [0.2, 0.25) is 0 Å². The van der Waals surface area contributed by atoms with Crippen LogP contribution >= 0.6 is 0 Å². The normalized spacial score (nSPS) is 10.6. The molecule has 84 valence electrons. The largest absolute Gasteiger partial charge is 0.347 e. The Hall–Kier alpha value is -1.81. The molecule has 0 aliphatic heterocycles. The fourth-order valence-electron chi connectivity index (χ4n) is 1.78. The van der Waals surface area contributed by atoms with Crippen LogP contribution in [0.1, 0.15) is 12.0 Å². The molecule has 0 fully saturated rings. The molecular weight excluding hydrogens is 202 g/mol. The molecule has 2 rings (SSSR count). The Balaban J connectivity index is 2.24. The fraction of sp³-hybridized carbons (Fsp3) is 0.250. The van der Waals surface area contributed by atoms with E-state index in [1.165, 1.54) is 10.9 Å².